The van der Waals surface area contributed by atoms with Crippen molar-refractivity contribution in [3.63, 3.8) is 0 Å². The Morgan fingerprint density at radius 2 is 1.96 bits per heavy atom. The number of nitrogens with one attached hydrogen (secondary N) is 1. The second-order valence-electron chi connectivity index (χ2n) is 4.68. The second-order valence-corrected chi connectivity index (χ2v) is 5.98. The lowest BCUT2D eigenvalue weighted by molar-refractivity contribution is -0.118. The SMILES string of the molecule is O=C(COc1ccccc1Cl)Nc1ccc(-c2nccs2)cc1. The first-order chi connectivity index (χ1) is 11.2. The molecule has 6 heteroatoms. The molecule has 0 aliphatic carbocycles. The molecule has 3 rings (SSSR count). The zero-order chi connectivity index (χ0) is 16.1. The van der Waals surface area contributed by atoms with Crippen LogP contribution in [0.4, 0.5) is 5.69 Å². The summed E-state index contributed by atoms with van der Waals surface area (Å²) in [7, 11) is 0. The molecule has 0 saturated carbocycles. The van der Waals surface area contributed by atoms with Crippen LogP contribution in [-0.2, 0) is 4.79 Å². The minimum Gasteiger partial charge on any atom is -0.482 e. The van der Waals surface area contributed by atoms with Gasteiger partial charge in [0.05, 0.1) is 5.02 Å². The molecule has 1 amide bonds. The largest absolute Gasteiger partial charge is 0.482 e. The lowest BCUT2D eigenvalue weighted by Crippen LogP contribution is -2.20. The van der Waals surface area contributed by atoms with E-state index in [9.17, 15) is 4.79 Å². The van der Waals surface area contributed by atoms with Crippen LogP contribution in [0.15, 0.2) is 60.1 Å². The van der Waals surface area contributed by atoms with E-state index in [1.165, 1.54) is 0 Å². The maximum Gasteiger partial charge on any atom is 0.262 e. The number of halogens is 1. The third-order valence-corrected chi connectivity index (χ3v) is 4.18. The Morgan fingerprint density at radius 1 is 1.17 bits per heavy atom. The highest BCUT2D eigenvalue weighted by Crippen LogP contribution is 2.24. The molecular formula is C17H13ClN2O2S. The predicted molar refractivity (Wildman–Crippen MR) is 93.1 cm³/mol. The fourth-order valence-corrected chi connectivity index (χ4v) is 2.80. The summed E-state index contributed by atoms with van der Waals surface area (Å²) in [4.78, 5) is 16.2. The molecule has 0 saturated heterocycles. The number of carbonyl (C=O) groups excluding carboxylic acids is 1. The van der Waals surface area contributed by atoms with Gasteiger partial charge in [0.2, 0.25) is 0 Å². The zero-order valence-corrected chi connectivity index (χ0v) is 13.6. The molecule has 3 aromatic rings. The summed E-state index contributed by atoms with van der Waals surface area (Å²) in [5.74, 6) is 0.246. The number of ether oxygens (including phenoxy) is 1. The Balaban J connectivity index is 1.57. The predicted octanol–water partition coefficient (Wildman–Crippen LogP) is 4.48. The van der Waals surface area contributed by atoms with Crippen molar-refractivity contribution in [1.29, 1.82) is 0 Å². The average Bonchev–Trinajstić information content (AvgIpc) is 3.09. The summed E-state index contributed by atoms with van der Waals surface area (Å²) < 4.78 is 5.40. The third kappa shape index (κ3) is 4.09. The van der Waals surface area contributed by atoms with Gasteiger partial charge >= 0.3 is 0 Å². The molecule has 23 heavy (non-hydrogen) atoms. The highest BCUT2D eigenvalue weighted by molar-refractivity contribution is 7.13. The molecule has 0 unspecified atom stereocenters. The Morgan fingerprint density at radius 3 is 2.65 bits per heavy atom. The summed E-state index contributed by atoms with van der Waals surface area (Å²) in [6.07, 6.45) is 1.77. The molecule has 2 aromatic carbocycles. The highest BCUT2D eigenvalue weighted by atomic mass is 35.5. The standard InChI is InChI=1S/C17H13ClN2O2S/c18-14-3-1-2-4-15(14)22-11-16(21)20-13-7-5-12(6-8-13)17-19-9-10-23-17/h1-10H,11H2,(H,20,21). The molecular weight excluding hydrogens is 332 g/mol. The van der Waals surface area contributed by atoms with Crippen molar-refractivity contribution in [3.8, 4) is 16.3 Å². The molecule has 0 fully saturated rings. The molecule has 0 radical (unpaired) electrons. The maximum atomic E-state index is 11.9. The van der Waals surface area contributed by atoms with E-state index in [4.69, 9.17) is 16.3 Å². The molecule has 4 nitrogen and oxygen atoms in total. The van der Waals surface area contributed by atoms with Crippen molar-refractivity contribution < 1.29 is 9.53 Å². The van der Waals surface area contributed by atoms with Gasteiger partial charge in [-0.1, -0.05) is 23.7 Å². The van der Waals surface area contributed by atoms with Crippen LogP contribution in [0, 0.1) is 0 Å². The Kier molecular flexibility index (Phi) is 4.90. The highest BCUT2D eigenvalue weighted by Gasteiger charge is 2.06. The quantitative estimate of drug-likeness (QED) is 0.742. The number of carbonyl (C=O) groups is 1. The van der Waals surface area contributed by atoms with Crippen LogP contribution in [0.1, 0.15) is 0 Å². The van der Waals surface area contributed by atoms with Crippen LogP contribution in [0.25, 0.3) is 10.6 Å². The van der Waals surface area contributed by atoms with Crippen molar-refractivity contribution in [2.45, 2.75) is 0 Å². The van der Waals surface area contributed by atoms with E-state index in [1.807, 2.05) is 29.6 Å². The van der Waals surface area contributed by atoms with Crippen LogP contribution in [0.5, 0.6) is 5.75 Å². The van der Waals surface area contributed by atoms with Gasteiger partial charge in [-0.25, -0.2) is 4.98 Å². The van der Waals surface area contributed by atoms with Gasteiger partial charge < -0.3 is 10.1 Å². The molecule has 0 aliphatic heterocycles. The maximum absolute atomic E-state index is 11.9. The first kappa shape index (κ1) is 15.5. The molecule has 0 bridgehead atoms. The molecule has 0 spiro atoms. The Labute approximate surface area is 142 Å². The molecule has 1 heterocycles. The molecule has 1 N–H and O–H groups in total. The number of nitrogens with zero attached hydrogens (tertiary/aromatic N) is 1. The van der Waals surface area contributed by atoms with Crippen molar-refractivity contribution in [3.05, 3.63) is 65.1 Å². The van der Waals surface area contributed by atoms with E-state index < -0.39 is 0 Å². The van der Waals surface area contributed by atoms with Crippen molar-refractivity contribution in [1.82, 2.24) is 4.98 Å². The number of hydrogen-bond acceptors (Lipinski definition) is 4. The minimum atomic E-state index is -0.244. The second kappa shape index (κ2) is 7.26. The number of rotatable bonds is 5. The van der Waals surface area contributed by atoms with Crippen LogP contribution < -0.4 is 10.1 Å². The molecule has 0 aliphatic rings. The van der Waals surface area contributed by atoms with E-state index in [-0.39, 0.29) is 12.5 Å². The van der Waals surface area contributed by atoms with Crippen molar-refractivity contribution in [2.24, 2.45) is 0 Å². The molecule has 0 atom stereocenters. The van der Waals surface area contributed by atoms with E-state index in [0.29, 0.717) is 16.5 Å². The van der Waals surface area contributed by atoms with Gasteiger partial charge in [0.25, 0.3) is 5.91 Å². The van der Waals surface area contributed by atoms with Gasteiger partial charge in [-0.2, -0.15) is 0 Å². The third-order valence-electron chi connectivity index (χ3n) is 3.04. The van der Waals surface area contributed by atoms with Crippen LogP contribution >= 0.6 is 22.9 Å². The Hall–Kier alpha value is -2.37. The monoisotopic (exact) mass is 344 g/mol. The normalized spacial score (nSPS) is 10.3. The van der Waals surface area contributed by atoms with Crippen molar-refractivity contribution in [2.75, 3.05) is 11.9 Å². The van der Waals surface area contributed by atoms with Gasteiger partial charge in [0.15, 0.2) is 6.61 Å². The first-order valence-corrected chi connectivity index (χ1v) is 8.15. The fraction of sp³-hybridized carbons (Fsp3) is 0.0588. The van der Waals surface area contributed by atoms with Crippen LogP contribution in [0.3, 0.4) is 0 Å². The van der Waals surface area contributed by atoms with E-state index in [0.717, 1.165) is 10.6 Å². The van der Waals surface area contributed by atoms with Gasteiger partial charge in [0, 0.05) is 22.8 Å². The minimum absolute atomic E-state index is 0.0992. The lowest BCUT2D eigenvalue weighted by atomic mass is 10.2. The number of para-hydroxylation sites is 1. The van der Waals surface area contributed by atoms with Gasteiger partial charge in [-0.05, 0) is 36.4 Å². The molecule has 116 valence electrons. The average molecular weight is 345 g/mol. The number of thiazole rings is 1. The summed E-state index contributed by atoms with van der Waals surface area (Å²) in [6, 6.07) is 14.6. The summed E-state index contributed by atoms with van der Waals surface area (Å²) in [5.41, 5.74) is 1.73. The number of anilines is 1. The number of amides is 1. The lowest BCUT2D eigenvalue weighted by Gasteiger charge is -2.09. The summed E-state index contributed by atoms with van der Waals surface area (Å²) >= 11 is 7.54. The van der Waals surface area contributed by atoms with E-state index in [2.05, 4.69) is 10.3 Å². The van der Waals surface area contributed by atoms with Crippen molar-refractivity contribution >= 4 is 34.5 Å². The number of aromatic nitrogens is 1. The zero-order valence-electron chi connectivity index (χ0n) is 12.0. The first-order valence-electron chi connectivity index (χ1n) is 6.89. The topological polar surface area (TPSA) is 51.2 Å². The van der Waals surface area contributed by atoms with E-state index >= 15 is 0 Å². The summed E-state index contributed by atoms with van der Waals surface area (Å²) in [5, 5.41) is 6.14. The van der Waals surface area contributed by atoms with Gasteiger partial charge in [-0.3, -0.25) is 4.79 Å². The number of hydrogen-bond donors (Lipinski definition) is 1. The summed E-state index contributed by atoms with van der Waals surface area (Å²) in [6.45, 7) is -0.0992. The number of benzene rings is 2. The van der Waals surface area contributed by atoms with Gasteiger partial charge in [0.1, 0.15) is 10.8 Å². The molecule has 1 aromatic heterocycles. The Bertz CT molecular complexity index is 789. The van der Waals surface area contributed by atoms with Gasteiger partial charge in [-0.15, -0.1) is 11.3 Å². The fourth-order valence-electron chi connectivity index (χ4n) is 1.96. The smallest absolute Gasteiger partial charge is 0.262 e. The van der Waals surface area contributed by atoms with E-state index in [1.54, 1.807) is 41.8 Å². The van der Waals surface area contributed by atoms with Crippen LogP contribution in [0.2, 0.25) is 5.02 Å². The van der Waals surface area contributed by atoms with Crippen LogP contribution in [-0.4, -0.2) is 17.5 Å².